The molecule has 0 aliphatic rings. The molecule has 0 aromatic heterocycles. The van der Waals surface area contributed by atoms with E-state index in [2.05, 4.69) is 83.3 Å². The van der Waals surface area contributed by atoms with Crippen molar-refractivity contribution in [1.29, 1.82) is 0 Å². The van der Waals surface area contributed by atoms with Crippen LogP contribution in [0, 0.1) is 23.4 Å². The van der Waals surface area contributed by atoms with Crippen LogP contribution in [-0.4, -0.2) is 0 Å². The van der Waals surface area contributed by atoms with Crippen molar-refractivity contribution in [2.24, 2.45) is 0 Å². The second-order valence-electron chi connectivity index (χ2n) is 5.03. The maximum atomic E-state index is 5.34. The maximum Gasteiger partial charge on any atom is 0.0203 e. The van der Waals surface area contributed by atoms with Crippen LogP contribution in [0.1, 0.15) is 0 Å². The van der Waals surface area contributed by atoms with Crippen LogP contribution in [0.5, 0.6) is 0 Å². The van der Waals surface area contributed by atoms with E-state index in [4.69, 9.17) is 12.8 Å². The van der Waals surface area contributed by atoms with Gasteiger partial charge in [-0.2, -0.15) is 0 Å². The molecule has 3 aromatic rings. The van der Waals surface area contributed by atoms with E-state index in [-0.39, 0.29) is 0 Å². The number of thioether (sulfide) groups is 2. The van der Waals surface area contributed by atoms with Gasteiger partial charge in [-0.1, -0.05) is 48.5 Å². The first-order valence-electron chi connectivity index (χ1n) is 7.36. The first kappa shape index (κ1) is 16.3. The molecule has 0 radical (unpaired) electrons. The van der Waals surface area contributed by atoms with Crippen LogP contribution in [0.3, 0.4) is 0 Å². The van der Waals surface area contributed by atoms with E-state index in [1.165, 1.54) is 45.8 Å². The molecule has 3 aromatic carbocycles. The molecule has 0 unspecified atom stereocenters. The van der Waals surface area contributed by atoms with Crippen LogP contribution in [0.2, 0.25) is 0 Å². The lowest BCUT2D eigenvalue weighted by atomic mass is 9.95. The third kappa shape index (κ3) is 3.69. The van der Waals surface area contributed by atoms with Gasteiger partial charge in [0.05, 0.1) is 0 Å². The van der Waals surface area contributed by atoms with E-state index >= 15 is 0 Å². The molecular formula is C22H14S2. The van der Waals surface area contributed by atoms with Crippen molar-refractivity contribution in [3.63, 3.8) is 0 Å². The van der Waals surface area contributed by atoms with Crippen molar-refractivity contribution < 1.29 is 0 Å². The summed E-state index contributed by atoms with van der Waals surface area (Å²) in [5.41, 5.74) is 4.75. The molecule has 3 rings (SSSR count). The van der Waals surface area contributed by atoms with Crippen LogP contribution >= 0.6 is 23.5 Å². The summed E-state index contributed by atoms with van der Waals surface area (Å²) in [6.07, 6.45) is 10.7. The summed E-state index contributed by atoms with van der Waals surface area (Å²) in [5.74, 6) is 0. The van der Waals surface area contributed by atoms with E-state index in [9.17, 15) is 0 Å². The van der Waals surface area contributed by atoms with Gasteiger partial charge in [0.1, 0.15) is 0 Å². The lowest BCUT2D eigenvalue weighted by molar-refractivity contribution is 1.45. The van der Waals surface area contributed by atoms with Crippen LogP contribution in [0.4, 0.5) is 0 Å². The van der Waals surface area contributed by atoms with E-state index in [1.807, 2.05) is 0 Å². The highest BCUT2D eigenvalue weighted by Gasteiger charge is 2.07. The summed E-state index contributed by atoms with van der Waals surface area (Å²) in [6, 6.07) is 25.1. The number of hydrogen-bond acceptors (Lipinski definition) is 2. The Balaban J connectivity index is 1.99. The van der Waals surface area contributed by atoms with Gasteiger partial charge in [-0.05, 0) is 80.5 Å². The van der Waals surface area contributed by atoms with Gasteiger partial charge < -0.3 is 0 Å². The van der Waals surface area contributed by atoms with Gasteiger partial charge in [0, 0.05) is 9.79 Å². The van der Waals surface area contributed by atoms with Crippen molar-refractivity contribution in [2.45, 2.75) is 9.79 Å². The van der Waals surface area contributed by atoms with Crippen molar-refractivity contribution in [3.05, 3.63) is 72.8 Å². The van der Waals surface area contributed by atoms with Crippen molar-refractivity contribution in [1.82, 2.24) is 0 Å². The zero-order chi connectivity index (χ0) is 16.8. The standard InChI is InChI=1S/C22H14S2/c1-3-23-19-13-9-17(10-14-19)21-7-5-6-8-22(21)18-11-15-20(16-12-18)24-4-2/h1-2,5-16H. The molecule has 0 amide bonds. The fourth-order valence-electron chi connectivity index (χ4n) is 2.53. The van der Waals surface area contributed by atoms with Gasteiger partial charge in [0.2, 0.25) is 0 Å². The normalized spacial score (nSPS) is 9.92. The minimum absolute atomic E-state index is 1.08. The summed E-state index contributed by atoms with van der Waals surface area (Å²) >= 11 is 2.79. The van der Waals surface area contributed by atoms with Crippen LogP contribution in [0.15, 0.2) is 82.6 Å². The molecule has 0 atom stereocenters. The van der Waals surface area contributed by atoms with Gasteiger partial charge in [-0.25, -0.2) is 0 Å². The third-order valence-electron chi connectivity index (χ3n) is 3.61. The van der Waals surface area contributed by atoms with E-state index < -0.39 is 0 Å². The smallest absolute Gasteiger partial charge is 0.0203 e. The predicted molar refractivity (Wildman–Crippen MR) is 107 cm³/mol. The van der Waals surface area contributed by atoms with Crippen LogP contribution in [-0.2, 0) is 0 Å². The minimum atomic E-state index is 1.08. The number of hydrogen-bond donors (Lipinski definition) is 0. The van der Waals surface area contributed by atoms with E-state index in [1.54, 1.807) is 0 Å². The minimum Gasteiger partial charge on any atom is -0.108 e. The molecule has 0 aliphatic heterocycles. The predicted octanol–water partition coefficient (Wildman–Crippen LogP) is 6.39. The second kappa shape index (κ2) is 7.84. The highest BCUT2D eigenvalue weighted by atomic mass is 32.2. The van der Waals surface area contributed by atoms with Crippen LogP contribution in [0.25, 0.3) is 22.3 Å². The summed E-state index contributed by atoms with van der Waals surface area (Å²) in [6.45, 7) is 0. The molecule has 0 spiro atoms. The molecule has 0 aliphatic carbocycles. The SMILES string of the molecule is C#CSc1ccc(-c2ccccc2-c2ccc(SC#C)cc2)cc1. The lowest BCUT2D eigenvalue weighted by Crippen LogP contribution is -1.85. The fourth-order valence-corrected chi connectivity index (χ4v) is 3.34. The Morgan fingerprint density at radius 3 is 1.25 bits per heavy atom. The Labute approximate surface area is 151 Å². The van der Waals surface area contributed by atoms with Gasteiger partial charge in [0.15, 0.2) is 0 Å². The van der Waals surface area contributed by atoms with Gasteiger partial charge in [-0.15, -0.1) is 12.8 Å². The Morgan fingerprint density at radius 1 is 0.542 bits per heavy atom. The molecule has 0 bridgehead atoms. The third-order valence-corrected chi connectivity index (χ3v) is 4.86. The monoisotopic (exact) mass is 342 g/mol. The molecule has 114 valence electrons. The lowest BCUT2D eigenvalue weighted by Gasteiger charge is -2.11. The van der Waals surface area contributed by atoms with Crippen molar-refractivity contribution in [3.8, 4) is 45.6 Å². The van der Waals surface area contributed by atoms with Gasteiger partial charge >= 0.3 is 0 Å². The topological polar surface area (TPSA) is 0 Å². The van der Waals surface area contributed by atoms with Crippen molar-refractivity contribution >= 4 is 23.5 Å². The molecule has 0 fully saturated rings. The average Bonchev–Trinajstić information content (AvgIpc) is 2.64. The molecule has 0 heterocycles. The summed E-state index contributed by atoms with van der Waals surface area (Å²) in [4.78, 5) is 2.16. The Bertz CT molecular complexity index is 829. The summed E-state index contributed by atoms with van der Waals surface area (Å²) in [7, 11) is 0. The fraction of sp³-hybridized carbons (Fsp3) is 0. The molecular weight excluding hydrogens is 328 g/mol. The highest BCUT2D eigenvalue weighted by molar-refractivity contribution is 8.04. The largest absolute Gasteiger partial charge is 0.108 e. The summed E-state index contributed by atoms with van der Waals surface area (Å²) in [5, 5.41) is 5.19. The average molecular weight is 342 g/mol. The second-order valence-corrected chi connectivity index (χ2v) is 6.86. The quantitative estimate of drug-likeness (QED) is 0.398. The van der Waals surface area contributed by atoms with Crippen molar-refractivity contribution in [2.75, 3.05) is 0 Å². The van der Waals surface area contributed by atoms with E-state index in [0.29, 0.717) is 0 Å². The van der Waals surface area contributed by atoms with Gasteiger partial charge in [-0.3, -0.25) is 0 Å². The zero-order valence-electron chi connectivity index (χ0n) is 12.9. The first-order valence-corrected chi connectivity index (χ1v) is 9.00. The number of rotatable bonds is 4. The Hall–Kier alpha value is -2.52. The van der Waals surface area contributed by atoms with Crippen LogP contribution < -0.4 is 0 Å². The molecule has 24 heavy (non-hydrogen) atoms. The summed E-state index contributed by atoms with van der Waals surface area (Å²) < 4.78 is 0. The molecule has 0 nitrogen and oxygen atoms in total. The highest BCUT2D eigenvalue weighted by Crippen LogP contribution is 2.33. The maximum absolute atomic E-state index is 5.34. The zero-order valence-corrected chi connectivity index (χ0v) is 14.5. The molecule has 0 saturated heterocycles. The van der Waals surface area contributed by atoms with Gasteiger partial charge in [0.25, 0.3) is 0 Å². The van der Waals surface area contributed by atoms with E-state index in [0.717, 1.165) is 9.79 Å². The Kier molecular flexibility index (Phi) is 5.34. The first-order chi connectivity index (χ1) is 11.8. The Morgan fingerprint density at radius 2 is 0.917 bits per heavy atom. The molecule has 0 saturated carbocycles. The number of benzene rings is 3. The number of terminal acetylenes is 2. The molecule has 0 N–H and O–H groups in total. The molecule has 2 heteroatoms.